The Labute approximate surface area is 93.9 Å². The first-order valence-electron chi connectivity index (χ1n) is 5.28. The molecule has 15 heavy (non-hydrogen) atoms. The van der Waals surface area contributed by atoms with Gasteiger partial charge in [0.25, 0.3) is 0 Å². The van der Waals surface area contributed by atoms with Gasteiger partial charge in [-0.1, -0.05) is 18.2 Å². The fourth-order valence-electron chi connectivity index (χ4n) is 2.10. The van der Waals surface area contributed by atoms with Crippen LogP contribution in [0, 0.1) is 27.7 Å². The van der Waals surface area contributed by atoms with E-state index in [1.54, 1.807) is 0 Å². The summed E-state index contributed by atoms with van der Waals surface area (Å²) in [6, 6.07) is 6.70. The molecule has 0 bridgehead atoms. The summed E-state index contributed by atoms with van der Waals surface area (Å²) >= 11 is 0. The van der Waals surface area contributed by atoms with Crippen LogP contribution in [0.2, 0.25) is 0 Å². The molecule has 0 N–H and O–H groups in total. The van der Waals surface area contributed by atoms with Crippen LogP contribution in [0.5, 0.6) is 0 Å². The molecule has 0 aliphatic carbocycles. The second-order valence-electron chi connectivity index (χ2n) is 4.34. The van der Waals surface area contributed by atoms with Crippen LogP contribution in [0.25, 0.3) is 10.8 Å². The summed E-state index contributed by atoms with van der Waals surface area (Å²) in [6.07, 6.45) is 0. The Bertz CT molecular complexity index is 539. The van der Waals surface area contributed by atoms with Gasteiger partial charge in [0.1, 0.15) is 0 Å². The van der Waals surface area contributed by atoms with Gasteiger partial charge < -0.3 is 0 Å². The Balaban J connectivity index is 3.00. The molecule has 0 aliphatic rings. The lowest BCUT2D eigenvalue weighted by atomic mass is 9.95. The van der Waals surface area contributed by atoms with Gasteiger partial charge >= 0.3 is 0 Å². The molecule has 0 nitrogen and oxygen atoms in total. The molecule has 0 aromatic heterocycles. The molecule has 0 aliphatic heterocycles. The average molecular weight is 216 g/mol. The summed E-state index contributed by atoms with van der Waals surface area (Å²) in [5.74, 6) is 0. The smallest absolute Gasteiger partial charge is 0.00775 e. The van der Waals surface area contributed by atoms with Crippen LogP contribution < -0.4 is 5.30 Å². The maximum Gasteiger partial charge on any atom is -0.00775 e. The molecular weight excluding hydrogens is 199 g/mol. The Morgan fingerprint density at radius 2 is 1.53 bits per heavy atom. The molecule has 2 aromatic rings. The molecule has 0 amide bonds. The van der Waals surface area contributed by atoms with Crippen LogP contribution in [-0.4, -0.2) is 0 Å². The summed E-state index contributed by atoms with van der Waals surface area (Å²) in [5, 5.41) is 4.10. The fourth-order valence-corrected chi connectivity index (χ4v) is 2.58. The van der Waals surface area contributed by atoms with Crippen molar-refractivity contribution in [1.29, 1.82) is 0 Å². The monoisotopic (exact) mass is 216 g/mol. The Hall–Kier alpha value is -0.870. The molecule has 0 radical (unpaired) electrons. The van der Waals surface area contributed by atoms with E-state index < -0.39 is 0 Å². The third-order valence-electron chi connectivity index (χ3n) is 3.40. The molecule has 0 spiro atoms. The third-order valence-corrected chi connectivity index (χ3v) is 4.14. The Kier molecular flexibility index (Phi) is 2.56. The van der Waals surface area contributed by atoms with E-state index in [1.165, 1.54) is 38.3 Å². The molecule has 1 atom stereocenters. The highest BCUT2D eigenvalue weighted by Crippen LogP contribution is 2.25. The lowest BCUT2D eigenvalue weighted by Crippen LogP contribution is -2.02. The molecule has 2 aromatic carbocycles. The van der Waals surface area contributed by atoms with E-state index in [2.05, 4.69) is 55.1 Å². The minimum absolute atomic E-state index is 1.34. The molecule has 0 fully saturated rings. The lowest BCUT2D eigenvalue weighted by molar-refractivity contribution is 1.30. The fraction of sp³-hybridized carbons (Fsp3) is 0.286. The van der Waals surface area contributed by atoms with Gasteiger partial charge in [-0.3, -0.25) is 0 Å². The molecule has 0 saturated heterocycles. The van der Waals surface area contributed by atoms with Crippen molar-refractivity contribution in [2.45, 2.75) is 27.7 Å². The van der Waals surface area contributed by atoms with Gasteiger partial charge in [-0.25, -0.2) is 0 Å². The standard InChI is InChI=1S/C14H17P/c1-8-5-6-12-7-9(2)10(3)11(4)13(12)14(8)15/h5-7H,15H2,1-4H3. The van der Waals surface area contributed by atoms with Gasteiger partial charge in [-0.05, 0) is 66.0 Å². The highest BCUT2D eigenvalue weighted by atomic mass is 31.0. The summed E-state index contributed by atoms with van der Waals surface area (Å²) < 4.78 is 0. The van der Waals surface area contributed by atoms with Crippen molar-refractivity contribution in [3.63, 3.8) is 0 Å². The zero-order valence-corrected chi connectivity index (χ0v) is 11.0. The Morgan fingerprint density at radius 1 is 0.867 bits per heavy atom. The number of fused-ring (bicyclic) bond motifs is 1. The van der Waals surface area contributed by atoms with E-state index in [0.717, 1.165) is 0 Å². The first-order valence-corrected chi connectivity index (χ1v) is 5.85. The first kappa shape index (κ1) is 10.6. The van der Waals surface area contributed by atoms with Crippen molar-refractivity contribution in [1.82, 2.24) is 0 Å². The normalized spacial score (nSPS) is 11.0. The molecule has 1 unspecified atom stereocenters. The van der Waals surface area contributed by atoms with Crippen molar-refractivity contribution in [3.05, 3.63) is 40.5 Å². The zero-order chi connectivity index (χ0) is 11.2. The maximum atomic E-state index is 2.87. The van der Waals surface area contributed by atoms with Crippen molar-refractivity contribution in [3.8, 4) is 0 Å². The predicted octanol–water partition coefficient (Wildman–Crippen LogP) is 3.57. The summed E-state index contributed by atoms with van der Waals surface area (Å²) in [4.78, 5) is 0. The molecule has 0 saturated carbocycles. The Morgan fingerprint density at radius 3 is 2.20 bits per heavy atom. The van der Waals surface area contributed by atoms with Crippen molar-refractivity contribution < 1.29 is 0 Å². The van der Waals surface area contributed by atoms with Gasteiger partial charge in [0.05, 0.1) is 0 Å². The first-order chi connectivity index (χ1) is 7.02. The van der Waals surface area contributed by atoms with Crippen molar-refractivity contribution in [2.75, 3.05) is 0 Å². The summed E-state index contributed by atoms with van der Waals surface area (Å²) in [5.41, 5.74) is 5.56. The van der Waals surface area contributed by atoms with E-state index >= 15 is 0 Å². The molecule has 1 heteroatoms. The lowest BCUT2D eigenvalue weighted by Gasteiger charge is -2.13. The SMILES string of the molecule is Cc1cc2ccc(C)c(P)c2c(C)c1C. The molecular formula is C14H17P. The van der Waals surface area contributed by atoms with Crippen LogP contribution >= 0.6 is 9.24 Å². The van der Waals surface area contributed by atoms with Gasteiger partial charge in [0.15, 0.2) is 0 Å². The van der Waals surface area contributed by atoms with Crippen molar-refractivity contribution in [2.24, 2.45) is 0 Å². The van der Waals surface area contributed by atoms with Gasteiger partial charge in [0, 0.05) is 0 Å². The minimum Gasteiger partial charge on any atom is -0.105 e. The molecule has 0 heterocycles. The summed E-state index contributed by atoms with van der Waals surface area (Å²) in [7, 11) is 2.87. The quantitative estimate of drug-likeness (QED) is 0.590. The van der Waals surface area contributed by atoms with Gasteiger partial charge in [0.2, 0.25) is 0 Å². The topological polar surface area (TPSA) is 0 Å². The van der Waals surface area contributed by atoms with Crippen LogP contribution in [0.3, 0.4) is 0 Å². The second-order valence-corrected chi connectivity index (χ2v) is 4.92. The van der Waals surface area contributed by atoms with Crippen LogP contribution in [-0.2, 0) is 0 Å². The van der Waals surface area contributed by atoms with E-state index in [9.17, 15) is 0 Å². The summed E-state index contributed by atoms with van der Waals surface area (Å²) in [6.45, 7) is 8.77. The largest absolute Gasteiger partial charge is 0.105 e. The maximum absolute atomic E-state index is 2.87. The highest BCUT2D eigenvalue weighted by Gasteiger charge is 2.07. The average Bonchev–Trinajstić information content (AvgIpc) is 2.20. The highest BCUT2D eigenvalue weighted by molar-refractivity contribution is 7.28. The van der Waals surface area contributed by atoms with Gasteiger partial charge in [-0.2, -0.15) is 0 Å². The number of hydrogen-bond acceptors (Lipinski definition) is 0. The number of aryl methyl sites for hydroxylation is 3. The number of benzene rings is 2. The second kappa shape index (κ2) is 3.61. The predicted molar refractivity (Wildman–Crippen MR) is 72.2 cm³/mol. The van der Waals surface area contributed by atoms with E-state index in [4.69, 9.17) is 0 Å². The van der Waals surface area contributed by atoms with E-state index in [1.807, 2.05) is 0 Å². The third kappa shape index (κ3) is 1.58. The minimum atomic E-state index is 1.34. The number of rotatable bonds is 0. The molecule has 2 rings (SSSR count). The molecule has 78 valence electrons. The zero-order valence-electron chi connectivity index (χ0n) is 9.81. The number of hydrogen-bond donors (Lipinski definition) is 0. The van der Waals surface area contributed by atoms with Crippen LogP contribution in [0.15, 0.2) is 18.2 Å². The van der Waals surface area contributed by atoms with Crippen LogP contribution in [0.4, 0.5) is 0 Å². The van der Waals surface area contributed by atoms with Crippen LogP contribution in [0.1, 0.15) is 22.3 Å². The van der Waals surface area contributed by atoms with Gasteiger partial charge in [-0.15, -0.1) is 9.24 Å². The van der Waals surface area contributed by atoms with E-state index in [0.29, 0.717) is 0 Å². The van der Waals surface area contributed by atoms with Crippen molar-refractivity contribution >= 4 is 25.3 Å². The van der Waals surface area contributed by atoms with E-state index in [-0.39, 0.29) is 0 Å².